The van der Waals surface area contributed by atoms with Crippen LogP contribution in [-0.4, -0.2) is 5.11 Å². The highest BCUT2D eigenvalue weighted by Gasteiger charge is 2.30. The number of hydrogen-bond donors (Lipinski definition) is 2. The summed E-state index contributed by atoms with van der Waals surface area (Å²) in [6.07, 6.45) is 2.41. The van der Waals surface area contributed by atoms with Crippen LogP contribution in [0, 0.1) is 5.92 Å². The van der Waals surface area contributed by atoms with Gasteiger partial charge in [-0.25, -0.2) is 0 Å². The first-order valence-electron chi connectivity index (χ1n) is 4.87. The van der Waals surface area contributed by atoms with E-state index in [1.807, 2.05) is 12.1 Å². The zero-order valence-corrected chi connectivity index (χ0v) is 8.67. The van der Waals surface area contributed by atoms with E-state index in [9.17, 15) is 5.11 Å². The number of nitrogens with two attached hydrogens (primary N) is 1. The van der Waals surface area contributed by atoms with Crippen molar-refractivity contribution >= 4 is 11.6 Å². The third-order valence-corrected chi connectivity index (χ3v) is 3.00. The lowest BCUT2D eigenvalue weighted by Gasteiger charge is -2.14. The predicted octanol–water partition coefficient (Wildman–Crippen LogP) is 2.24. The van der Waals surface area contributed by atoms with Crippen molar-refractivity contribution in [1.29, 1.82) is 0 Å². The lowest BCUT2D eigenvalue weighted by Crippen LogP contribution is -2.14. The van der Waals surface area contributed by atoms with E-state index in [4.69, 9.17) is 17.3 Å². The highest BCUT2D eigenvalue weighted by atomic mass is 35.5. The van der Waals surface area contributed by atoms with Gasteiger partial charge >= 0.3 is 0 Å². The van der Waals surface area contributed by atoms with Gasteiger partial charge in [-0.3, -0.25) is 0 Å². The summed E-state index contributed by atoms with van der Waals surface area (Å²) < 4.78 is 0. The maximum atomic E-state index is 9.18. The number of hydrogen-bond acceptors (Lipinski definition) is 2. The molecule has 1 unspecified atom stereocenters. The molecule has 0 spiro atoms. The summed E-state index contributed by atoms with van der Waals surface area (Å²) in [5.74, 6) is 0.599. The second-order valence-electron chi connectivity index (χ2n) is 3.86. The van der Waals surface area contributed by atoms with Gasteiger partial charge in [0.15, 0.2) is 0 Å². The van der Waals surface area contributed by atoms with Gasteiger partial charge in [-0.15, -0.1) is 0 Å². The van der Waals surface area contributed by atoms with Crippen LogP contribution in [0.2, 0.25) is 5.02 Å². The van der Waals surface area contributed by atoms with Crippen LogP contribution < -0.4 is 5.73 Å². The van der Waals surface area contributed by atoms with Gasteiger partial charge in [-0.05, 0) is 42.0 Å². The number of aliphatic hydroxyl groups is 1. The van der Waals surface area contributed by atoms with E-state index < -0.39 is 0 Å². The van der Waals surface area contributed by atoms with Gasteiger partial charge in [0.25, 0.3) is 0 Å². The lowest BCUT2D eigenvalue weighted by atomic mass is 9.98. The maximum Gasteiger partial charge on any atom is 0.0685 e. The van der Waals surface area contributed by atoms with E-state index in [0.717, 1.165) is 11.1 Å². The zero-order chi connectivity index (χ0) is 10.1. The molecule has 1 aromatic carbocycles. The minimum absolute atomic E-state index is 0.0102. The van der Waals surface area contributed by atoms with E-state index in [0.29, 0.717) is 10.9 Å². The zero-order valence-electron chi connectivity index (χ0n) is 7.91. The van der Waals surface area contributed by atoms with Crippen molar-refractivity contribution in [3.8, 4) is 0 Å². The summed E-state index contributed by atoms with van der Waals surface area (Å²) in [5, 5.41) is 9.83. The van der Waals surface area contributed by atoms with Crippen LogP contribution in [-0.2, 0) is 6.61 Å². The fraction of sp³-hybridized carbons (Fsp3) is 0.455. The second kappa shape index (κ2) is 3.89. The molecule has 2 nitrogen and oxygen atoms in total. The highest BCUT2D eigenvalue weighted by molar-refractivity contribution is 6.30. The molecule has 1 saturated carbocycles. The first-order valence-corrected chi connectivity index (χ1v) is 5.25. The Morgan fingerprint density at radius 2 is 2.21 bits per heavy atom. The molecule has 0 aromatic heterocycles. The van der Waals surface area contributed by atoms with Gasteiger partial charge in [0.2, 0.25) is 0 Å². The Morgan fingerprint density at radius 3 is 2.79 bits per heavy atom. The fourth-order valence-corrected chi connectivity index (χ4v) is 1.94. The Morgan fingerprint density at radius 1 is 1.50 bits per heavy atom. The van der Waals surface area contributed by atoms with Crippen molar-refractivity contribution in [3.63, 3.8) is 0 Å². The van der Waals surface area contributed by atoms with Crippen molar-refractivity contribution in [2.24, 2.45) is 11.7 Å². The molecule has 1 aliphatic rings. The van der Waals surface area contributed by atoms with Crippen LogP contribution in [0.1, 0.15) is 30.0 Å². The fourth-order valence-electron chi connectivity index (χ4n) is 1.75. The van der Waals surface area contributed by atoms with Gasteiger partial charge in [0.1, 0.15) is 0 Å². The van der Waals surface area contributed by atoms with Gasteiger partial charge in [0.05, 0.1) is 6.61 Å². The minimum Gasteiger partial charge on any atom is -0.392 e. The molecule has 14 heavy (non-hydrogen) atoms. The van der Waals surface area contributed by atoms with Crippen molar-refractivity contribution in [2.75, 3.05) is 0 Å². The summed E-state index contributed by atoms with van der Waals surface area (Å²) in [6.45, 7) is 0.0102. The topological polar surface area (TPSA) is 46.2 Å². The van der Waals surface area contributed by atoms with E-state index >= 15 is 0 Å². The predicted molar refractivity (Wildman–Crippen MR) is 57.0 cm³/mol. The SMILES string of the molecule is NC(c1ccc(Cl)cc1CO)C1CC1. The molecule has 3 heteroatoms. The van der Waals surface area contributed by atoms with Crippen LogP contribution >= 0.6 is 11.6 Å². The first kappa shape index (κ1) is 9.97. The molecular weight excluding hydrogens is 198 g/mol. The van der Waals surface area contributed by atoms with Crippen molar-refractivity contribution in [2.45, 2.75) is 25.5 Å². The lowest BCUT2D eigenvalue weighted by molar-refractivity contribution is 0.279. The van der Waals surface area contributed by atoms with E-state index in [-0.39, 0.29) is 12.6 Å². The number of benzene rings is 1. The van der Waals surface area contributed by atoms with E-state index in [1.54, 1.807) is 6.07 Å². The molecule has 0 saturated heterocycles. The summed E-state index contributed by atoms with van der Waals surface area (Å²) in [6, 6.07) is 5.61. The number of rotatable bonds is 3. The Bertz CT molecular complexity index is 336. The molecule has 1 aromatic rings. The third kappa shape index (κ3) is 1.92. The van der Waals surface area contributed by atoms with Gasteiger partial charge in [-0.2, -0.15) is 0 Å². The molecule has 0 amide bonds. The molecule has 0 aliphatic heterocycles. The monoisotopic (exact) mass is 211 g/mol. The van der Waals surface area contributed by atoms with Crippen molar-refractivity contribution < 1.29 is 5.11 Å². The first-order chi connectivity index (χ1) is 6.72. The summed E-state index contributed by atoms with van der Waals surface area (Å²) in [4.78, 5) is 0. The van der Waals surface area contributed by atoms with Crippen molar-refractivity contribution in [3.05, 3.63) is 34.3 Å². The Labute approximate surface area is 88.7 Å². The summed E-state index contributed by atoms with van der Waals surface area (Å²) >= 11 is 5.84. The molecule has 3 N–H and O–H groups in total. The van der Waals surface area contributed by atoms with Gasteiger partial charge in [-0.1, -0.05) is 17.7 Å². The largest absolute Gasteiger partial charge is 0.392 e. The Hall–Kier alpha value is -0.570. The molecule has 0 bridgehead atoms. The minimum atomic E-state index is 0.0102. The average Bonchev–Trinajstić information content (AvgIpc) is 3.00. The van der Waals surface area contributed by atoms with Gasteiger partial charge < -0.3 is 10.8 Å². The van der Waals surface area contributed by atoms with Crippen LogP contribution in [0.25, 0.3) is 0 Å². The van der Waals surface area contributed by atoms with Crippen LogP contribution in [0.4, 0.5) is 0 Å². The molecule has 0 heterocycles. The van der Waals surface area contributed by atoms with E-state index in [1.165, 1.54) is 12.8 Å². The third-order valence-electron chi connectivity index (χ3n) is 2.76. The van der Waals surface area contributed by atoms with Crippen LogP contribution in [0.15, 0.2) is 18.2 Å². The quantitative estimate of drug-likeness (QED) is 0.806. The molecule has 1 aliphatic carbocycles. The summed E-state index contributed by atoms with van der Waals surface area (Å²) in [5.41, 5.74) is 7.97. The second-order valence-corrected chi connectivity index (χ2v) is 4.30. The Kier molecular flexibility index (Phi) is 2.77. The molecule has 1 atom stereocenters. The standard InChI is InChI=1S/C11H14ClNO/c12-9-3-4-10(8(5-9)6-14)11(13)7-1-2-7/h3-5,7,11,14H,1-2,6,13H2. The Balaban J connectivity index is 2.30. The number of halogens is 1. The smallest absolute Gasteiger partial charge is 0.0685 e. The molecule has 76 valence electrons. The molecule has 0 radical (unpaired) electrons. The highest BCUT2D eigenvalue weighted by Crippen LogP contribution is 2.40. The normalized spacial score (nSPS) is 18.2. The summed E-state index contributed by atoms with van der Waals surface area (Å²) in [7, 11) is 0. The van der Waals surface area contributed by atoms with Gasteiger partial charge in [0, 0.05) is 11.1 Å². The molecular formula is C11H14ClNO. The van der Waals surface area contributed by atoms with E-state index in [2.05, 4.69) is 0 Å². The molecule has 2 rings (SSSR count). The van der Waals surface area contributed by atoms with Crippen LogP contribution in [0.5, 0.6) is 0 Å². The van der Waals surface area contributed by atoms with Crippen molar-refractivity contribution in [1.82, 2.24) is 0 Å². The average molecular weight is 212 g/mol. The molecule has 1 fully saturated rings. The maximum absolute atomic E-state index is 9.18. The van der Waals surface area contributed by atoms with Crippen LogP contribution in [0.3, 0.4) is 0 Å². The number of aliphatic hydroxyl groups excluding tert-OH is 1.